The molecule has 1 saturated heterocycles. The van der Waals surface area contributed by atoms with Crippen molar-refractivity contribution >= 4 is 31.7 Å². The lowest BCUT2D eigenvalue weighted by atomic mass is 10.1. The van der Waals surface area contributed by atoms with Gasteiger partial charge in [-0.25, -0.2) is 8.42 Å². The zero-order valence-corrected chi connectivity index (χ0v) is 18.2. The lowest BCUT2D eigenvalue weighted by Crippen LogP contribution is -2.40. The van der Waals surface area contributed by atoms with Gasteiger partial charge in [-0.3, -0.25) is 4.79 Å². The Balaban J connectivity index is 1.84. The first-order valence-corrected chi connectivity index (χ1v) is 12.0. The summed E-state index contributed by atoms with van der Waals surface area (Å²) >= 11 is 3.45. The molecule has 0 bridgehead atoms. The summed E-state index contributed by atoms with van der Waals surface area (Å²) in [5, 5.41) is 0. The van der Waals surface area contributed by atoms with Gasteiger partial charge in [0.15, 0.2) is 9.84 Å². The highest BCUT2D eigenvalue weighted by molar-refractivity contribution is 9.10. The second-order valence-corrected chi connectivity index (χ2v) is 10.1. The van der Waals surface area contributed by atoms with Crippen LogP contribution in [0, 0.1) is 0 Å². The van der Waals surface area contributed by atoms with Crippen molar-refractivity contribution < 1.29 is 17.9 Å². The van der Waals surface area contributed by atoms with E-state index in [1.807, 2.05) is 31.2 Å². The largest absolute Gasteiger partial charge is 0.494 e. The van der Waals surface area contributed by atoms with E-state index in [1.165, 1.54) is 0 Å². The van der Waals surface area contributed by atoms with Crippen LogP contribution in [0.2, 0.25) is 0 Å². The van der Waals surface area contributed by atoms with Gasteiger partial charge in [-0.15, -0.1) is 0 Å². The molecule has 2 aromatic rings. The molecule has 1 fully saturated rings. The van der Waals surface area contributed by atoms with Gasteiger partial charge in [0.2, 0.25) is 0 Å². The van der Waals surface area contributed by atoms with E-state index in [2.05, 4.69) is 15.9 Å². The van der Waals surface area contributed by atoms with Crippen LogP contribution in [0.25, 0.3) is 0 Å². The minimum absolute atomic E-state index is 0.0183. The minimum atomic E-state index is -3.10. The second-order valence-electron chi connectivity index (χ2n) is 6.99. The van der Waals surface area contributed by atoms with Crippen LogP contribution in [0.15, 0.2) is 53.0 Å². The summed E-state index contributed by atoms with van der Waals surface area (Å²) in [5.41, 5.74) is 1.48. The van der Waals surface area contributed by atoms with Gasteiger partial charge in [-0.2, -0.15) is 0 Å². The smallest absolute Gasteiger partial charge is 0.254 e. The summed E-state index contributed by atoms with van der Waals surface area (Å²) in [7, 11) is -3.10. The maximum absolute atomic E-state index is 13.2. The quantitative estimate of drug-likeness (QED) is 0.617. The standard InChI is InChI=1S/C21H24BrNO4S/c1-2-11-27-20-8-6-17(7-9-20)21(24)23(19-10-12-28(25,26)15-19)14-16-4-3-5-18(22)13-16/h3-9,13,19H,2,10-12,14-15H2,1H3/t19-/m1/s1. The fourth-order valence-electron chi connectivity index (χ4n) is 3.30. The Kier molecular flexibility index (Phi) is 6.78. The Hall–Kier alpha value is -1.86. The molecule has 1 aliphatic rings. The van der Waals surface area contributed by atoms with Crippen LogP contribution in [0.4, 0.5) is 0 Å². The normalized spacial score (nSPS) is 18.0. The molecular formula is C21H24BrNO4S. The van der Waals surface area contributed by atoms with E-state index in [0.29, 0.717) is 25.1 Å². The fraction of sp³-hybridized carbons (Fsp3) is 0.381. The summed E-state index contributed by atoms with van der Waals surface area (Å²) in [6, 6.07) is 14.5. The number of hydrogen-bond donors (Lipinski definition) is 0. The fourth-order valence-corrected chi connectivity index (χ4v) is 5.48. The van der Waals surface area contributed by atoms with Gasteiger partial charge in [0, 0.05) is 22.6 Å². The van der Waals surface area contributed by atoms with Crippen molar-refractivity contribution in [3.63, 3.8) is 0 Å². The number of benzene rings is 2. The molecule has 0 aliphatic carbocycles. The second kappa shape index (κ2) is 9.09. The third kappa shape index (κ3) is 5.35. The number of rotatable bonds is 7. The number of ether oxygens (including phenoxy) is 1. The van der Waals surface area contributed by atoms with Gasteiger partial charge >= 0.3 is 0 Å². The van der Waals surface area contributed by atoms with Crippen molar-refractivity contribution in [2.75, 3.05) is 18.1 Å². The molecule has 1 aliphatic heterocycles. The van der Waals surface area contributed by atoms with Gasteiger partial charge in [0.05, 0.1) is 18.1 Å². The zero-order valence-electron chi connectivity index (χ0n) is 15.8. The van der Waals surface area contributed by atoms with Crippen LogP contribution in [0.1, 0.15) is 35.7 Å². The van der Waals surface area contributed by atoms with Crippen molar-refractivity contribution in [2.45, 2.75) is 32.4 Å². The van der Waals surface area contributed by atoms with E-state index in [-0.39, 0.29) is 23.5 Å². The van der Waals surface area contributed by atoms with Gasteiger partial charge in [-0.05, 0) is 54.8 Å². The topological polar surface area (TPSA) is 63.7 Å². The molecule has 0 N–H and O–H groups in total. The predicted octanol–water partition coefficient (Wildman–Crippen LogP) is 4.07. The molecule has 1 heterocycles. The van der Waals surface area contributed by atoms with E-state index in [9.17, 15) is 13.2 Å². The third-order valence-electron chi connectivity index (χ3n) is 4.73. The number of carbonyl (C=O) groups excluding carboxylic acids is 1. The molecule has 1 atom stereocenters. The van der Waals surface area contributed by atoms with Crippen LogP contribution < -0.4 is 4.74 Å². The average Bonchev–Trinajstić information content (AvgIpc) is 3.04. The van der Waals surface area contributed by atoms with Crippen molar-refractivity contribution in [1.29, 1.82) is 0 Å². The molecular weight excluding hydrogens is 442 g/mol. The van der Waals surface area contributed by atoms with E-state index in [1.54, 1.807) is 29.2 Å². The molecule has 150 valence electrons. The Morgan fingerprint density at radius 3 is 2.57 bits per heavy atom. The molecule has 1 amide bonds. The van der Waals surface area contributed by atoms with Crippen molar-refractivity contribution in [3.05, 3.63) is 64.1 Å². The van der Waals surface area contributed by atoms with E-state index in [4.69, 9.17) is 4.74 Å². The average molecular weight is 466 g/mol. The number of amides is 1. The maximum atomic E-state index is 13.2. The number of carbonyl (C=O) groups is 1. The molecule has 0 unspecified atom stereocenters. The molecule has 5 nitrogen and oxygen atoms in total. The van der Waals surface area contributed by atoms with Crippen LogP contribution in [-0.2, 0) is 16.4 Å². The molecule has 7 heteroatoms. The zero-order chi connectivity index (χ0) is 20.1. The Labute approximate surface area is 174 Å². The van der Waals surface area contributed by atoms with Crippen LogP contribution in [0.3, 0.4) is 0 Å². The molecule has 0 radical (unpaired) electrons. The summed E-state index contributed by atoms with van der Waals surface area (Å²) in [5.74, 6) is 0.707. The lowest BCUT2D eigenvalue weighted by molar-refractivity contribution is 0.0681. The number of hydrogen-bond acceptors (Lipinski definition) is 4. The number of nitrogens with zero attached hydrogens (tertiary/aromatic N) is 1. The number of sulfone groups is 1. The van der Waals surface area contributed by atoms with Crippen molar-refractivity contribution in [2.24, 2.45) is 0 Å². The van der Waals surface area contributed by atoms with Gasteiger partial charge in [-0.1, -0.05) is 35.0 Å². The van der Waals surface area contributed by atoms with Crippen molar-refractivity contribution in [3.8, 4) is 5.75 Å². The van der Waals surface area contributed by atoms with Crippen LogP contribution >= 0.6 is 15.9 Å². The number of halogens is 1. The summed E-state index contributed by atoms with van der Waals surface area (Å²) < 4.78 is 30.5. The molecule has 3 rings (SSSR count). The van der Waals surface area contributed by atoms with Crippen LogP contribution in [0.5, 0.6) is 5.75 Å². The van der Waals surface area contributed by atoms with Crippen LogP contribution in [-0.4, -0.2) is 43.4 Å². The first-order valence-electron chi connectivity index (χ1n) is 9.36. The highest BCUT2D eigenvalue weighted by atomic mass is 79.9. The predicted molar refractivity (Wildman–Crippen MR) is 113 cm³/mol. The maximum Gasteiger partial charge on any atom is 0.254 e. The van der Waals surface area contributed by atoms with E-state index in [0.717, 1.165) is 22.2 Å². The van der Waals surface area contributed by atoms with Gasteiger partial charge < -0.3 is 9.64 Å². The lowest BCUT2D eigenvalue weighted by Gasteiger charge is -2.28. The Morgan fingerprint density at radius 2 is 1.96 bits per heavy atom. The molecule has 0 saturated carbocycles. The molecule has 28 heavy (non-hydrogen) atoms. The SMILES string of the molecule is CCCOc1ccc(C(=O)N(Cc2cccc(Br)c2)[C@@H]2CCS(=O)(=O)C2)cc1. The third-order valence-corrected chi connectivity index (χ3v) is 6.97. The summed E-state index contributed by atoms with van der Waals surface area (Å²) in [6.07, 6.45) is 1.39. The molecule has 2 aromatic carbocycles. The highest BCUT2D eigenvalue weighted by Gasteiger charge is 2.35. The Bertz CT molecular complexity index is 928. The summed E-state index contributed by atoms with van der Waals surface area (Å²) in [4.78, 5) is 14.9. The van der Waals surface area contributed by atoms with E-state index < -0.39 is 9.84 Å². The van der Waals surface area contributed by atoms with Crippen molar-refractivity contribution in [1.82, 2.24) is 4.90 Å². The summed E-state index contributed by atoms with van der Waals surface area (Å²) in [6.45, 7) is 3.03. The first-order chi connectivity index (χ1) is 13.4. The molecule has 0 spiro atoms. The van der Waals surface area contributed by atoms with Gasteiger partial charge in [0.25, 0.3) is 5.91 Å². The minimum Gasteiger partial charge on any atom is -0.494 e. The monoisotopic (exact) mass is 465 g/mol. The Morgan fingerprint density at radius 1 is 1.21 bits per heavy atom. The highest BCUT2D eigenvalue weighted by Crippen LogP contribution is 2.24. The molecule has 0 aromatic heterocycles. The van der Waals surface area contributed by atoms with Gasteiger partial charge in [0.1, 0.15) is 5.75 Å². The first kappa shape index (κ1) is 20.9. The van der Waals surface area contributed by atoms with E-state index >= 15 is 0 Å².